The molecule has 0 bridgehead atoms. The number of anilines is 1. The van der Waals surface area contributed by atoms with Gasteiger partial charge in [0, 0.05) is 19.6 Å². The summed E-state index contributed by atoms with van der Waals surface area (Å²) in [6, 6.07) is 1.45. The van der Waals surface area contributed by atoms with E-state index in [9.17, 15) is 8.78 Å². The molecule has 0 amide bonds. The van der Waals surface area contributed by atoms with Gasteiger partial charge in [-0.05, 0) is 19.5 Å². The van der Waals surface area contributed by atoms with Gasteiger partial charge in [0.25, 0.3) is 6.43 Å². The number of alkyl halides is 2. The maximum Gasteiger partial charge on any atom is 0.267 e. The predicted octanol–water partition coefficient (Wildman–Crippen LogP) is 1.98. The van der Waals surface area contributed by atoms with Crippen LogP contribution in [0.4, 0.5) is 14.6 Å². The molecule has 0 aromatic carbocycles. The highest BCUT2D eigenvalue weighted by molar-refractivity contribution is 6.30. The largest absolute Gasteiger partial charge is 0.374 e. The number of morpholine rings is 1. The zero-order chi connectivity index (χ0) is 15.0. The fraction of sp³-hybridized carbons (Fsp3) is 0.692. The van der Waals surface area contributed by atoms with Crippen LogP contribution in [0.5, 0.6) is 0 Å². The first-order valence-corrected chi connectivity index (χ1v) is 7.32. The number of piperidine rings is 1. The van der Waals surface area contributed by atoms with Crippen molar-refractivity contribution in [1.82, 2.24) is 15.1 Å². The molecular formula is C13H17ClF2N4O. The Kier molecular flexibility index (Phi) is 4.24. The quantitative estimate of drug-likeness (QED) is 0.834. The van der Waals surface area contributed by atoms with Crippen molar-refractivity contribution in [3.63, 3.8) is 0 Å². The summed E-state index contributed by atoms with van der Waals surface area (Å²) in [5.41, 5.74) is -0.270. The minimum Gasteiger partial charge on any atom is -0.374 e. The fourth-order valence-corrected chi connectivity index (χ4v) is 3.16. The van der Waals surface area contributed by atoms with E-state index < -0.39 is 6.43 Å². The van der Waals surface area contributed by atoms with Gasteiger partial charge in [0.1, 0.15) is 0 Å². The Morgan fingerprint density at radius 2 is 2.19 bits per heavy atom. The Hall–Kier alpha value is -1.05. The molecule has 0 unspecified atom stereocenters. The number of aromatic nitrogens is 2. The van der Waals surface area contributed by atoms with Crippen LogP contribution in [0.25, 0.3) is 0 Å². The average molecular weight is 319 g/mol. The van der Waals surface area contributed by atoms with Gasteiger partial charge >= 0.3 is 0 Å². The van der Waals surface area contributed by atoms with Crippen LogP contribution in [0.2, 0.25) is 5.15 Å². The highest BCUT2D eigenvalue weighted by Crippen LogP contribution is 2.31. The molecular weight excluding hydrogens is 302 g/mol. The van der Waals surface area contributed by atoms with Crippen LogP contribution in [0.1, 0.15) is 18.4 Å². The lowest BCUT2D eigenvalue weighted by Gasteiger charge is -2.46. The summed E-state index contributed by atoms with van der Waals surface area (Å²) in [5.74, 6) is 0.448. The molecule has 0 radical (unpaired) electrons. The highest BCUT2D eigenvalue weighted by atomic mass is 35.5. The van der Waals surface area contributed by atoms with E-state index in [2.05, 4.69) is 15.1 Å². The summed E-state index contributed by atoms with van der Waals surface area (Å²) >= 11 is 5.69. The number of nitrogens with zero attached hydrogens (tertiary/aromatic N) is 4. The van der Waals surface area contributed by atoms with Gasteiger partial charge in [0.05, 0.1) is 24.3 Å². The van der Waals surface area contributed by atoms with Gasteiger partial charge in [0.15, 0.2) is 11.0 Å². The van der Waals surface area contributed by atoms with Crippen LogP contribution in [0.15, 0.2) is 6.07 Å². The van der Waals surface area contributed by atoms with Crippen LogP contribution in [-0.2, 0) is 4.74 Å². The lowest BCUT2D eigenvalue weighted by Crippen LogP contribution is -2.59. The lowest BCUT2D eigenvalue weighted by molar-refractivity contribution is -0.0246. The molecule has 8 heteroatoms. The van der Waals surface area contributed by atoms with E-state index >= 15 is 0 Å². The second kappa shape index (κ2) is 5.98. The van der Waals surface area contributed by atoms with Gasteiger partial charge in [0.2, 0.25) is 0 Å². The van der Waals surface area contributed by atoms with Crippen LogP contribution in [0, 0.1) is 0 Å². The first-order chi connectivity index (χ1) is 10.1. The van der Waals surface area contributed by atoms with Crippen molar-refractivity contribution >= 4 is 17.4 Å². The van der Waals surface area contributed by atoms with Crippen LogP contribution in [-0.4, -0.2) is 60.5 Å². The molecule has 0 N–H and O–H groups in total. The molecule has 5 nitrogen and oxygen atoms in total. The van der Waals surface area contributed by atoms with E-state index in [-0.39, 0.29) is 22.9 Å². The van der Waals surface area contributed by atoms with Crippen molar-refractivity contribution in [3.8, 4) is 0 Å². The Balaban J connectivity index is 1.89. The summed E-state index contributed by atoms with van der Waals surface area (Å²) in [6.07, 6.45) is -1.61. The zero-order valence-electron chi connectivity index (χ0n) is 11.7. The molecule has 2 saturated heterocycles. The number of ether oxygens (including phenoxy) is 1. The third-order valence-electron chi connectivity index (χ3n) is 4.08. The van der Waals surface area contributed by atoms with Crippen molar-refractivity contribution < 1.29 is 13.5 Å². The topological polar surface area (TPSA) is 41.5 Å². The zero-order valence-corrected chi connectivity index (χ0v) is 12.4. The van der Waals surface area contributed by atoms with Gasteiger partial charge in [-0.2, -0.15) is 0 Å². The Morgan fingerprint density at radius 1 is 1.38 bits per heavy atom. The van der Waals surface area contributed by atoms with Crippen LogP contribution in [0.3, 0.4) is 0 Å². The standard InChI is InChI=1S/C13H17ClF2N4O/c1-19-3-2-10-9(7-19)20(4-5-21-10)11-6-8(13(15)16)12(14)18-17-11/h6,9-10,13H,2-5,7H2,1H3/t9-,10+/m0/s1. The number of rotatable bonds is 2. The van der Waals surface area contributed by atoms with E-state index in [4.69, 9.17) is 16.3 Å². The van der Waals surface area contributed by atoms with Crippen molar-refractivity contribution in [1.29, 1.82) is 0 Å². The maximum absolute atomic E-state index is 13.0. The van der Waals surface area contributed by atoms with E-state index in [1.807, 2.05) is 11.9 Å². The van der Waals surface area contributed by atoms with Gasteiger partial charge in [-0.1, -0.05) is 11.6 Å². The monoisotopic (exact) mass is 318 g/mol. The third kappa shape index (κ3) is 2.95. The smallest absolute Gasteiger partial charge is 0.267 e. The van der Waals surface area contributed by atoms with Crippen LogP contribution < -0.4 is 4.90 Å². The summed E-state index contributed by atoms with van der Waals surface area (Å²) in [5, 5.41) is 7.43. The average Bonchev–Trinajstić information content (AvgIpc) is 2.47. The molecule has 116 valence electrons. The minimum absolute atomic E-state index is 0.110. The number of hydrogen-bond donors (Lipinski definition) is 0. The van der Waals surface area contributed by atoms with Crippen molar-refractivity contribution in [2.45, 2.75) is 25.0 Å². The highest BCUT2D eigenvalue weighted by Gasteiger charge is 2.37. The second-order valence-electron chi connectivity index (χ2n) is 5.47. The number of likely N-dealkylation sites (tertiary alicyclic amines) is 1. The molecule has 2 fully saturated rings. The number of halogens is 3. The summed E-state index contributed by atoms with van der Waals surface area (Å²) < 4.78 is 31.7. The predicted molar refractivity (Wildman–Crippen MR) is 75.0 cm³/mol. The Morgan fingerprint density at radius 3 is 2.95 bits per heavy atom. The third-order valence-corrected chi connectivity index (χ3v) is 4.37. The molecule has 21 heavy (non-hydrogen) atoms. The minimum atomic E-state index is -2.65. The van der Waals surface area contributed by atoms with Crippen molar-refractivity contribution in [3.05, 3.63) is 16.8 Å². The molecule has 2 aliphatic rings. The number of hydrogen-bond acceptors (Lipinski definition) is 5. The summed E-state index contributed by atoms with van der Waals surface area (Å²) in [4.78, 5) is 4.22. The lowest BCUT2D eigenvalue weighted by atomic mass is 9.99. The van der Waals surface area contributed by atoms with E-state index in [0.29, 0.717) is 19.0 Å². The van der Waals surface area contributed by atoms with Gasteiger partial charge in [-0.3, -0.25) is 0 Å². The summed E-state index contributed by atoms with van der Waals surface area (Å²) in [6.45, 7) is 2.98. The second-order valence-corrected chi connectivity index (χ2v) is 5.83. The van der Waals surface area contributed by atoms with Gasteiger partial charge in [-0.25, -0.2) is 8.78 Å². The molecule has 0 spiro atoms. The molecule has 3 heterocycles. The van der Waals surface area contributed by atoms with Crippen LogP contribution >= 0.6 is 11.6 Å². The molecule has 2 atom stereocenters. The van der Waals surface area contributed by atoms with Gasteiger partial charge < -0.3 is 14.5 Å². The fourth-order valence-electron chi connectivity index (χ4n) is 2.99. The Bertz CT molecular complexity index is 519. The van der Waals surface area contributed by atoms with E-state index in [1.54, 1.807) is 0 Å². The van der Waals surface area contributed by atoms with Crippen molar-refractivity contribution in [2.24, 2.45) is 0 Å². The molecule has 1 aromatic heterocycles. The molecule has 0 saturated carbocycles. The Labute approximate surface area is 126 Å². The van der Waals surface area contributed by atoms with E-state index in [1.165, 1.54) is 6.07 Å². The number of likely N-dealkylation sites (N-methyl/N-ethyl adjacent to an activating group) is 1. The molecule has 3 rings (SSSR count). The first-order valence-electron chi connectivity index (χ1n) is 6.94. The molecule has 1 aromatic rings. The SMILES string of the molecule is CN1CC[C@H]2OCCN(c3cc(C(F)F)c(Cl)nn3)[C@H]2C1. The van der Waals surface area contributed by atoms with Crippen molar-refractivity contribution in [2.75, 3.05) is 38.2 Å². The maximum atomic E-state index is 13.0. The first kappa shape index (κ1) is 14.9. The molecule has 0 aliphatic carbocycles. The summed E-state index contributed by atoms with van der Waals surface area (Å²) in [7, 11) is 2.04. The molecule has 2 aliphatic heterocycles. The normalized spacial score (nSPS) is 27.0. The van der Waals surface area contributed by atoms with E-state index in [0.717, 1.165) is 19.5 Å². The van der Waals surface area contributed by atoms with Gasteiger partial charge in [-0.15, -0.1) is 10.2 Å². The number of fused-ring (bicyclic) bond motifs is 1.